The number of ether oxygens (including phenoxy) is 3. The van der Waals surface area contributed by atoms with E-state index in [4.69, 9.17) is 14.2 Å². The summed E-state index contributed by atoms with van der Waals surface area (Å²) in [5.41, 5.74) is 2.88. The molecular formula is C25H22FNO4. The van der Waals surface area contributed by atoms with E-state index in [2.05, 4.69) is 0 Å². The second kappa shape index (κ2) is 7.95. The average molecular weight is 419 g/mol. The van der Waals surface area contributed by atoms with E-state index in [9.17, 15) is 9.18 Å². The number of amides is 1. The van der Waals surface area contributed by atoms with Crippen molar-refractivity contribution in [2.75, 3.05) is 13.3 Å². The summed E-state index contributed by atoms with van der Waals surface area (Å²) in [6.07, 6.45) is 0.0131. The summed E-state index contributed by atoms with van der Waals surface area (Å²) >= 11 is 0. The maximum absolute atomic E-state index is 13.2. The number of benzene rings is 3. The minimum Gasteiger partial charge on any atom is -0.478 e. The molecule has 1 fully saturated rings. The Morgan fingerprint density at radius 1 is 1.03 bits per heavy atom. The van der Waals surface area contributed by atoms with Gasteiger partial charge in [-0.05, 0) is 60.4 Å². The van der Waals surface area contributed by atoms with Crippen LogP contribution >= 0.6 is 0 Å². The third kappa shape index (κ3) is 3.69. The molecule has 6 heteroatoms. The van der Waals surface area contributed by atoms with Gasteiger partial charge < -0.3 is 19.1 Å². The van der Waals surface area contributed by atoms with Crippen LogP contribution in [0.3, 0.4) is 0 Å². The van der Waals surface area contributed by atoms with Crippen LogP contribution < -0.4 is 14.2 Å². The van der Waals surface area contributed by atoms with Gasteiger partial charge in [0, 0.05) is 6.54 Å². The highest BCUT2D eigenvalue weighted by atomic mass is 19.1. The van der Waals surface area contributed by atoms with Crippen molar-refractivity contribution >= 4 is 5.91 Å². The molecule has 2 aliphatic heterocycles. The van der Waals surface area contributed by atoms with Crippen molar-refractivity contribution in [3.05, 3.63) is 89.2 Å². The Bertz CT molecular complexity index is 1110. The van der Waals surface area contributed by atoms with Gasteiger partial charge in [0.2, 0.25) is 12.9 Å². The molecule has 158 valence electrons. The number of hydrogen-bond donors (Lipinski definition) is 0. The van der Waals surface area contributed by atoms with Gasteiger partial charge in [0.05, 0.1) is 0 Å². The number of nitrogens with zero attached hydrogens (tertiary/aromatic N) is 1. The second-order valence-electron chi connectivity index (χ2n) is 7.77. The number of carbonyl (C=O) groups excluding carboxylic acids is 1. The molecule has 0 N–H and O–H groups in total. The van der Waals surface area contributed by atoms with Gasteiger partial charge in [-0.25, -0.2) is 4.39 Å². The van der Waals surface area contributed by atoms with Gasteiger partial charge in [-0.1, -0.05) is 36.4 Å². The fraction of sp³-hybridized carbons (Fsp3) is 0.240. The smallest absolute Gasteiger partial charge is 0.266 e. The summed E-state index contributed by atoms with van der Waals surface area (Å²) in [5.74, 6) is 1.74. The van der Waals surface area contributed by atoms with Crippen molar-refractivity contribution in [1.82, 2.24) is 4.90 Å². The Morgan fingerprint density at radius 3 is 2.61 bits per heavy atom. The maximum atomic E-state index is 13.2. The van der Waals surface area contributed by atoms with Crippen molar-refractivity contribution in [3.8, 4) is 17.2 Å². The van der Waals surface area contributed by atoms with Gasteiger partial charge in [-0.3, -0.25) is 4.79 Å². The quantitative estimate of drug-likeness (QED) is 0.555. The summed E-state index contributed by atoms with van der Waals surface area (Å²) in [6, 6.07) is 19.5. The molecule has 2 unspecified atom stereocenters. The van der Waals surface area contributed by atoms with Gasteiger partial charge >= 0.3 is 0 Å². The van der Waals surface area contributed by atoms with Crippen LogP contribution in [0.2, 0.25) is 0 Å². The Kier molecular flexibility index (Phi) is 4.98. The Morgan fingerprint density at radius 2 is 1.81 bits per heavy atom. The lowest BCUT2D eigenvalue weighted by atomic mass is 9.89. The van der Waals surface area contributed by atoms with Gasteiger partial charge in [-0.2, -0.15) is 0 Å². The molecule has 0 spiro atoms. The third-order valence-corrected chi connectivity index (χ3v) is 5.79. The van der Waals surface area contributed by atoms with Crippen molar-refractivity contribution in [2.24, 2.45) is 0 Å². The van der Waals surface area contributed by atoms with E-state index < -0.39 is 6.10 Å². The van der Waals surface area contributed by atoms with Crippen LogP contribution in [0, 0.1) is 12.7 Å². The van der Waals surface area contributed by atoms with Gasteiger partial charge in [0.25, 0.3) is 5.91 Å². The minimum absolute atomic E-state index is 0.0620. The number of halogens is 1. The first kappa shape index (κ1) is 19.4. The zero-order valence-electron chi connectivity index (χ0n) is 17.1. The minimum atomic E-state index is -0.616. The number of hydrogen-bond acceptors (Lipinski definition) is 4. The SMILES string of the molecule is Cc1ccccc1OC1C(=O)N(CCc2ccc(F)cc2)C1c1ccc2c(c1)OCO2. The molecule has 3 aromatic carbocycles. The Balaban J connectivity index is 1.40. The van der Waals surface area contributed by atoms with Crippen LogP contribution in [-0.4, -0.2) is 30.2 Å². The summed E-state index contributed by atoms with van der Waals surface area (Å²) in [5, 5.41) is 0. The molecule has 2 aliphatic rings. The molecule has 0 aliphatic carbocycles. The van der Waals surface area contributed by atoms with Gasteiger partial charge in [-0.15, -0.1) is 0 Å². The molecule has 2 atom stereocenters. The van der Waals surface area contributed by atoms with E-state index in [0.29, 0.717) is 30.2 Å². The van der Waals surface area contributed by atoms with Gasteiger partial charge in [0.1, 0.15) is 17.6 Å². The van der Waals surface area contributed by atoms with Crippen LogP contribution in [-0.2, 0) is 11.2 Å². The van der Waals surface area contributed by atoms with Crippen LogP contribution in [0.4, 0.5) is 4.39 Å². The molecule has 1 amide bonds. The first-order valence-corrected chi connectivity index (χ1v) is 10.3. The number of rotatable bonds is 6. The third-order valence-electron chi connectivity index (χ3n) is 5.79. The van der Waals surface area contributed by atoms with Crippen molar-refractivity contribution in [2.45, 2.75) is 25.5 Å². The number of likely N-dealkylation sites (tertiary alicyclic amines) is 1. The largest absolute Gasteiger partial charge is 0.478 e. The lowest BCUT2D eigenvalue weighted by Gasteiger charge is -2.47. The molecule has 5 rings (SSSR count). The molecule has 0 radical (unpaired) electrons. The summed E-state index contributed by atoms with van der Waals surface area (Å²) < 4.78 is 30.3. The molecular weight excluding hydrogens is 397 g/mol. The molecule has 5 nitrogen and oxygen atoms in total. The van der Waals surface area contributed by atoms with E-state index in [-0.39, 0.29) is 24.6 Å². The Hall–Kier alpha value is -3.54. The number of β-lactam (4-membered cyclic amide) rings is 1. The first-order chi connectivity index (χ1) is 15.1. The topological polar surface area (TPSA) is 48.0 Å². The zero-order valence-corrected chi connectivity index (χ0v) is 17.1. The van der Waals surface area contributed by atoms with Crippen LogP contribution in [0.25, 0.3) is 0 Å². The lowest BCUT2D eigenvalue weighted by molar-refractivity contribution is -0.164. The van der Waals surface area contributed by atoms with Crippen molar-refractivity contribution in [3.63, 3.8) is 0 Å². The average Bonchev–Trinajstić information content (AvgIpc) is 3.25. The zero-order chi connectivity index (χ0) is 21.4. The van der Waals surface area contributed by atoms with Crippen LogP contribution in [0.1, 0.15) is 22.7 Å². The highest BCUT2D eigenvalue weighted by molar-refractivity contribution is 5.89. The molecule has 0 saturated carbocycles. The molecule has 31 heavy (non-hydrogen) atoms. The first-order valence-electron chi connectivity index (χ1n) is 10.3. The highest BCUT2D eigenvalue weighted by Gasteiger charge is 2.50. The van der Waals surface area contributed by atoms with Gasteiger partial charge in [0.15, 0.2) is 11.5 Å². The maximum Gasteiger partial charge on any atom is 0.266 e. The molecule has 2 heterocycles. The van der Waals surface area contributed by atoms with E-state index >= 15 is 0 Å². The standard InChI is InChI=1S/C25H22FNO4/c1-16-4-2-3-5-20(16)31-24-23(18-8-11-21-22(14-18)30-15-29-21)27(25(24)28)13-12-17-6-9-19(26)10-7-17/h2-11,14,23-24H,12-13,15H2,1H3. The fourth-order valence-corrected chi connectivity index (χ4v) is 4.06. The van der Waals surface area contributed by atoms with E-state index in [1.165, 1.54) is 12.1 Å². The fourth-order valence-electron chi connectivity index (χ4n) is 4.06. The van der Waals surface area contributed by atoms with Crippen molar-refractivity contribution in [1.29, 1.82) is 0 Å². The predicted molar refractivity (Wildman–Crippen MR) is 113 cm³/mol. The monoisotopic (exact) mass is 419 g/mol. The predicted octanol–water partition coefficient (Wildman–Crippen LogP) is 4.44. The van der Waals surface area contributed by atoms with Crippen LogP contribution in [0.15, 0.2) is 66.7 Å². The summed E-state index contributed by atoms with van der Waals surface area (Å²) in [7, 11) is 0. The molecule has 3 aromatic rings. The number of fused-ring (bicyclic) bond motifs is 1. The molecule has 0 bridgehead atoms. The number of aryl methyl sites for hydroxylation is 1. The second-order valence-corrected chi connectivity index (χ2v) is 7.77. The van der Waals surface area contributed by atoms with E-state index in [0.717, 1.165) is 16.7 Å². The Labute approximate surface area is 180 Å². The lowest BCUT2D eigenvalue weighted by Crippen LogP contribution is -2.61. The van der Waals surface area contributed by atoms with Crippen LogP contribution in [0.5, 0.6) is 17.2 Å². The number of para-hydroxylation sites is 1. The van der Waals surface area contributed by atoms with E-state index in [1.54, 1.807) is 12.1 Å². The normalized spacial score (nSPS) is 19.3. The summed E-state index contributed by atoms with van der Waals surface area (Å²) in [4.78, 5) is 14.9. The van der Waals surface area contributed by atoms with E-state index in [1.807, 2.05) is 54.3 Å². The highest BCUT2D eigenvalue weighted by Crippen LogP contribution is 2.42. The van der Waals surface area contributed by atoms with Crippen molar-refractivity contribution < 1.29 is 23.4 Å². The molecule has 0 aromatic heterocycles. The number of carbonyl (C=O) groups is 1. The molecule has 1 saturated heterocycles. The summed E-state index contributed by atoms with van der Waals surface area (Å²) in [6.45, 7) is 2.66.